The molecule has 0 spiro atoms. The van der Waals surface area contributed by atoms with E-state index in [9.17, 15) is 18.0 Å². The molecular formula is C26H32N6O4S2. The lowest BCUT2D eigenvalue weighted by molar-refractivity contribution is -0.129. The number of hydrogen-bond donors (Lipinski definition) is 1. The van der Waals surface area contributed by atoms with Gasteiger partial charge in [0.15, 0.2) is 9.84 Å². The predicted molar refractivity (Wildman–Crippen MR) is 144 cm³/mol. The van der Waals surface area contributed by atoms with Crippen molar-refractivity contribution in [3.63, 3.8) is 0 Å². The van der Waals surface area contributed by atoms with Crippen LogP contribution in [-0.2, 0) is 19.4 Å². The Morgan fingerprint density at radius 1 is 1.05 bits per heavy atom. The topological polar surface area (TPSA) is 136 Å². The van der Waals surface area contributed by atoms with E-state index in [-0.39, 0.29) is 40.7 Å². The molecule has 2 heterocycles. The van der Waals surface area contributed by atoms with E-state index in [1.165, 1.54) is 11.8 Å². The fourth-order valence-corrected chi connectivity index (χ4v) is 7.49. The number of carbonyl (C=O) groups excluding carboxylic acids is 2. The van der Waals surface area contributed by atoms with E-state index in [4.69, 9.17) is 5.26 Å². The maximum absolute atomic E-state index is 13.1. The smallest absolute Gasteiger partial charge is 0.233 e. The van der Waals surface area contributed by atoms with Crippen LogP contribution < -0.4 is 10.2 Å². The summed E-state index contributed by atoms with van der Waals surface area (Å²) in [5.74, 6) is -0.0119. The van der Waals surface area contributed by atoms with E-state index in [1.54, 1.807) is 42.7 Å². The molecule has 0 bridgehead atoms. The first-order valence-corrected chi connectivity index (χ1v) is 15.4. The normalized spacial score (nSPS) is 20.0. The van der Waals surface area contributed by atoms with Crippen LogP contribution in [0.4, 0.5) is 5.95 Å². The van der Waals surface area contributed by atoms with Crippen molar-refractivity contribution in [2.45, 2.75) is 35.5 Å². The second kappa shape index (κ2) is 13.1. The number of nitriles is 1. The lowest BCUT2D eigenvalue weighted by atomic mass is 9.80. The highest BCUT2D eigenvalue weighted by molar-refractivity contribution is 8.00. The first-order chi connectivity index (χ1) is 18.4. The Bertz CT molecular complexity index is 1240. The third-order valence-electron chi connectivity index (χ3n) is 7.03. The molecule has 1 aliphatic heterocycles. The number of piperazine rings is 1. The highest BCUT2D eigenvalue weighted by atomic mass is 32.2. The molecule has 1 saturated heterocycles. The summed E-state index contributed by atoms with van der Waals surface area (Å²) in [6.07, 6.45) is 6.49. The van der Waals surface area contributed by atoms with Crippen LogP contribution >= 0.6 is 11.8 Å². The maximum atomic E-state index is 13.1. The van der Waals surface area contributed by atoms with E-state index in [0.29, 0.717) is 45.0 Å². The molecule has 1 saturated carbocycles. The molecule has 202 valence electrons. The molecule has 1 aromatic heterocycles. The lowest BCUT2D eigenvalue weighted by Crippen LogP contribution is -2.49. The number of carbonyl (C=O) groups is 2. The average molecular weight is 557 g/mol. The van der Waals surface area contributed by atoms with Crippen LogP contribution in [0.3, 0.4) is 0 Å². The summed E-state index contributed by atoms with van der Waals surface area (Å²) in [6, 6.07) is 10.3. The van der Waals surface area contributed by atoms with E-state index in [0.717, 1.165) is 17.7 Å². The molecule has 1 aromatic carbocycles. The molecule has 12 heteroatoms. The van der Waals surface area contributed by atoms with Crippen molar-refractivity contribution in [1.29, 1.82) is 5.26 Å². The van der Waals surface area contributed by atoms with Crippen LogP contribution in [0.1, 0.15) is 25.7 Å². The van der Waals surface area contributed by atoms with E-state index in [2.05, 4.69) is 20.2 Å². The van der Waals surface area contributed by atoms with Crippen molar-refractivity contribution in [3.8, 4) is 6.07 Å². The van der Waals surface area contributed by atoms with E-state index < -0.39 is 15.8 Å². The van der Waals surface area contributed by atoms with Gasteiger partial charge in [0, 0.05) is 49.4 Å². The molecule has 10 nitrogen and oxygen atoms in total. The Hall–Kier alpha value is -3.17. The number of nitrogens with zero attached hydrogens (tertiary/aromatic N) is 5. The van der Waals surface area contributed by atoms with Crippen molar-refractivity contribution in [3.05, 3.63) is 42.7 Å². The summed E-state index contributed by atoms with van der Waals surface area (Å²) in [4.78, 5) is 38.6. The van der Waals surface area contributed by atoms with Gasteiger partial charge < -0.3 is 15.1 Å². The number of thioether (sulfide) groups is 1. The van der Waals surface area contributed by atoms with Crippen LogP contribution in [0, 0.1) is 23.2 Å². The second-order valence-electron chi connectivity index (χ2n) is 9.49. The third-order valence-corrected chi connectivity index (χ3v) is 9.89. The van der Waals surface area contributed by atoms with Crippen molar-refractivity contribution >= 4 is 39.4 Å². The minimum Gasteiger partial charge on any atom is -0.343 e. The van der Waals surface area contributed by atoms with Gasteiger partial charge in [-0.25, -0.2) is 18.4 Å². The van der Waals surface area contributed by atoms with Gasteiger partial charge in [-0.3, -0.25) is 9.59 Å². The standard InChI is InChI=1S/C26H32N6O4S2/c27-10-13-28-25(34)23-5-2-1-4-20(23)19-38(35,36)22-8-6-21(7-9-22)37-18-24(33)31-14-16-32(17-15-31)26-29-11-3-12-30-26/h3,6-9,11-12,20,23H,1-2,4-5,13-19H2,(H,28,34)/t20-,23+/m0/s1. The quantitative estimate of drug-likeness (QED) is 0.364. The lowest BCUT2D eigenvalue weighted by Gasteiger charge is -2.34. The SMILES string of the molecule is N#CCNC(=O)[C@@H]1CCCC[C@H]1CS(=O)(=O)c1ccc(SCC(=O)N2CCN(c3ncccn3)CC2)cc1. The molecule has 2 fully saturated rings. The van der Waals surface area contributed by atoms with Crippen LogP contribution in [0.15, 0.2) is 52.5 Å². The first kappa shape index (κ1) is 27.9. The molecule has 1 N–H and O–H groups in total. The minimum atomic E-state index is -3.58. The Morgan fingerprint density at radius 2 is 1.74 bits per heavy atom. The van der Waals surface area contributed by atoms with Gasteiger partial charge in [-0.15, -0.1) is 11.8 Å². The molecule has 38 heavy (non-hydrogen) atoms. The van der Waals surface area contributed by atoms with Crippen LogP contribution in [0.2, 0.25) is 0 Å². The van der Waals surface area contributed by atoms with Gasteiger partial charge in [0.1, 0.15) is 6.54 Å². The zero-order chi connectivity index (χ0) is 27.0. The van der Waals surface area contributed by atoms with Gasteiger partial charge in [-0.2, -0.15) is 5.26 Å². The Kier molecular flexibility index (Phi) is 9.58. The molecule has 0 unspecified atom stereocenters. The number of nitrogens with one attached hydrogen (secondary N) is 1. The number of anilines is 1. The van der Waals surface area contributed by atoms with Gasteiger partial charge >= 0.3 is 0 Å². The maximum Gasteiger partial charge on any atom is 0.233 e. The Labute approximate surface area is 227 Å². The number of aromatic nitrogens is 2. The molecule has 2 aromatic rings. The van der Waals surface area contributed by atoms with E-state index >= 15 is 0 Å². The highest BCUT2D eigenvalue weighted by Gasteiger charge is 2.34. The highest BCUT2D eigenvalue weighted by Crippen LogP contribution is 2.33. The fourth-order valence-electron chi connectivity index (χ4n) is 4.98. The predicted octanol–water partition coefficient (Wildman–Crippen LogP) is 2.14. The molecule has 1 aliphatic carbocycles. The summed E-state index contributed by atoms with van der Waals surface area (Å²) in [5, 5.41) is 11.3. The van der Waals surface area contributed by atoms with Gasteiger partial charge in [0.05, 0.1) is 22.5 Å². The molecular weight excluding hydrogens is 524 g/mol. The summed E-state index contributed by atoms with van der Waals surface area (Å²) in [7, 11) is -3.58. The Morgan fingerprint density at radius 3 is 2.42 bits per heavy atom. The van der Waals surface area contributed by atoms with Crippen molar-refractivity contribution in [2.24, 2.45) is 11.8 Å². The minimum absolute atomic E-state index is 0.0401. The number of benzene rings is 1. The molecule has 2 amide bonds. The van der Waals surface area contributed by atoms with Gasteiger partial charge in [0.2, 0.25) is 17.8 Å². The number of sulfone groups is 1. The monoisotopic (exact) mass is 556 g/mol. The van der Waals surface area contributed by atoms with Crippen LogP contribution in [0.25, 0.3) is 0 Å². The summed E-state index contributed by atoms with van der Waals surface area (Å²) in [5.41, 5.74) is 0. The molecule has 0 radical (unpaired) electrons. The number of amides is 2. The summed E-state index contributed by atoms with van der Waals surface area (Å²) in [6.45, 7) is 2.48. The van der Waals surface area contributed by atoms with E-state index in [1.807, 2.05) is 11.0 Å². The Balaban J connectivity index is 1.28. The van der Waals surface area contributed by atoms with Crippen molar-refractivity contribution in [2.75, 3.05) is 49.1 Å². The first-order valence-electron chi connectivity index (χ1n) is 12.8. The fraction of sp³-hybridized carbons (Fsp3) is 0.500. The zero-order valence-corrected chi connectivity index (χ0v) is 22.8. The molecule has 4 rings (SSSR count). The second-order valence-corrected chi connectivity index (χ2v) is 12.6. The number of hydrogen-bond acceptors (Lipinski definition) is 9. The molecule has 2 atom stereocenters. The third kappa shape index (κ3) is 7.23. The largest absolute Gasteiger partial charge is 0.343 e. The average Bonchev–Trinajstić information content (AvgIpc) is 2.95. The van der Waals surface area contributed by atoms with Gasteiger partial charge in [-0.1, -0.05) is 12.8 Å². The number of rotatable bonds is 9. The zero-order valence-electron chi connectivity index (χ0n) is 21.2. The van der Waals surface area contributed by atoms with Crippen LogP contribution in [-0.4, -0.2) is 79.3 Å². The molecule has 2 aliphatic rings. The van der Waals surface area contributed by atoms with Crippen LogP contribution in [0.5, 0.6) is 0 Å². The van der Waals surface area contributed by atoms with Crippen molar-refractivity contribution < 1.29 is 18.0 Å². The summed E-state index contributed by atoms with van der Waals surface area (Å²) >= 11 is 1.38. The van der Waals surface area contributed by atoms with Crippen molar-refractivity contribution in [1.82, 2.24) is 20.2 Å². The van der Waals surface area contributed by atoms with Gasteiger partial charge in [-0.05, 0) is 49.1 Å². The van der Waals surface area contributed by atoms with Gasteiger partial charge in [0.25, 0.3) is 0 Å². The summed E-state index contributed by atoms with van der Waals surface area (Å²) < 4.78 is 26.3.